The van der Waals surface area contributed by atoms with Crippen LogP contribution < -0.4 is 10.2 Å². The SMILES string of the molecule is C[C@@H](O)CC(C)(C)CNC(=O)[C@]12CCC(=O)N1c1ccccc1C(=O)N2Cc1ccccc1. The number of nitrogens with one attached hydrogen (secondary N) is 1. The van der Waals surface area contributed by atoms with E-state index in [9.17, 15) is 19.5 Å². The van der Waals surface area contributed by atoms with Crippen LogP contribution >= 0.6 is 0 Å². The lowest BCUT2D eigenvalue weighted by Gasteiger charge is -2.49. The van der Waals surface area contributed by atoms with Gasteiger partial charge in [-0.3, -0.25) is 19.3 Å². The molecule has 2 aromatic rings. The Labute approximate surface area is 194 Å². The highest BCUT2D eigenvalue weighted by molar-refractivity contribution is 6.16. The van der Waals surface area contributed by atoms with Crippen LogP contribution in [0.1, 0.15) is 56.0 Å². The maximum atomic E-state index is 13.9. The average Bonchev–Trinajstić information content (AvgIpc) is 3.13. The van der Waals surface area contributed by atoms with Crippen molar-refractivity contribution in [1.29, 1.82) is 0 Å². The fourth-order valence-electron chi connectivity index (χ4n) is 5.10. The van der Waals surface area contributed by atoms with Crippen LogP contribution in [-0.4, -0.2) is 46.0 Å². The third-order valence-corrected chi connectivity index (χ3v) is 6.50. The summed E-state index contributed by atoms with van der Waals surface area (Å²) in [6, 6.07) is 16.5. The van der Waals surface area contributed by atoms with Crippen LogP contribution in [-0.2, 0) is 16.1 Å². The van der Waals surface area contributed by atoms with Gasteiger partial charge in [-0.2, -0.15) is 0 Å². The van der Waals surface area contributed by atoms with Crippen molar-refractivity contribution in [2.24, 2.45) is 5.41 Å². The number of amides is 3. The monoisotopic (exact) mass is 449 g/mol. The summed E-state index contributed by atoms with van der Waals surface area (Å²) in [5.74, 6) is -0.809. The summed E-state index contributed by atoms with van der Waals surface area (Å²) in [6.07, 6.45) is 0.411. The second kappa shape index (κ2) is 8.63. The predicted octanol–water partition coefficient (Wildman–Crippen LogP) is 3.08. The Kier molecular flexibility index (Phi) is 6.01. The van der Waals surface area contributed by atoms with Crippen molar-refractivity contribution < 1.29 is 19.5 Å². The van der Waals surface area contributed by atoms with Crippen molar-refractivity contribution in [1.82, 2.24) is 10.2 Å². The van der Waals surface area contributed by atoms with Crippen molar-refractivity contribution in [3.63, 3.8) is 0 Å². The standard InChI is InChI=1S/C26H31N3O4/c1-18(30)15-25(2,3)17-27-24(33)26-14-13-22(31)29(26)21-12-8-7-11-20(21)23(32)28(26)16-19-9-5-4-6-10-19/h4-12,18,30H,13-17H2,1-3H3,(H,27,33)/t18-,26+/m1/s1. The lowest BCUT2D eigenvalue weighted by Crippen LogP contribution is -2.70. The molecule has 3 amide bonds. The number of aliphatic hydroxyl groups excluding tert-OH is 1. The average molecular weight is 450 g/mol. The third kappa shape index (κ3) is 4.13. The molecule has 0 radical (unpaired) electrons. The topological polar surface area (TPSA) is 90.0 Å². The number of carbonyl (C=O) groups excluding carboxylic acids is 3. The van der Waals surface area contributed by atoms with Crippen LogP contribution in [0.4, 0.5) is 5.69 Å². The Morgan fingerprint density at radius 3 is 2.48 bits per heavy atom. The number of aliphatic hydroxyl groups is 1. The molecule has 7 heteroatoms. The molecule has 33 heavy (non-hydrogen) atoms. The van der Waals surface area contributed by atoms with Crippen LogP contribution in [0, 0.1) is 5.41 Å². The minimum Gasteiger partial charge on any atom is -0.393 e. The van der Waals surface area contributed by atoms with Gasteiger partial charge in [0.25, 0.3) is 11.8 Å². The van der Waals surface area contributed by atoms with Crippen molar-refractivity contribution >= 4 is 23.4 Å². The molecule has 4 rings (SSSR count). The molecular weight excluding hydrogens is 418 g/mol. The van der Waals surface area contributed by atoms with E-state index in [4.69, 9.17) is 0 Å². The first-order valence-electron chi connectivity index (χ1n) is 11.4. The molecule has 2 aliphatic rings. The minimum absolute atomic E-state index is 0.175. The zero-order chi connectivity index (χ0) is 23.8. The Balaban J connectivity index is 1.76. The van der Waals surface area contributed by atoms with E-state index in [0.717, 1.165) is 5.56 Å². The Hall–Kier alpha value is -3.19. The van der Waals surface area contributed by atoms with Gasteiger partial charge in [-0.1, -0.05) is 56.3 Å². The highest BCUT2D eigenvalue weighted by Gasteiger charge is 2.60. The molecule has 0 unspecified atom stereocenters. The van der Waals surface area contributed by atoms with Gasteiger partial charge < -0.3 is 15.3 Å². The number of anilines is 1. The van der Waals surface area contributed by atoms with Gasteiger partial charge in [0.2, 0.25) is 11.6 Å². The first-order chi connectivity index (χ1) is 15.7. The van der Waals surface area contributed by atoms with Gasteiger partial charge >= 0.3 is 0 Å². The lowest BCUT2D eigenvalue weighted by molar-refractivity contribution is -0.134. The number of benzene rings is 2. The summed E-state index contributed by atoms with van der Waals surface area (Å²) in [5, 5.41) is 12.8. The van der Waals surface area contributed by atoms with Crippen LogP contribution in [0.2, 0.25) is 0 Å². The van der Waals surface area contributed by atoms with Crippen LogP contribution in [0.15, 0.2) is 54.6 Å². The maximum Gasteiger partial charge on any atom is 0.267 e. The first-order valence-corrected chi connectivity index (χ1v) is 11.4. The Morgan fingerprint density at radius 1 is 1.12 bits per heavy atom. The van der Waals surface area contributed by atoms with E-state index in [2.05, 4.69) is 5.32 Å². The summed E-state index contributed by atoms with van der Waals surface area (Å²) in [4.78, 5) is 43.7. The molecule has 0 spiro atoms. The highest BCUT2D eigenvalue weighted by Crippen LogP contribution is 2.45. The molecular formula is C26H31N3O4. The molecule has 2 heterocycles. The molecule has 0 bridgehead atoms. The number of nitrogens with zero attached hydrogens (tertiary/aromatic N) is 2. The fraction of sp³-hybridized carbons (Fsp3) is 0.423. The summed E-state index contributed by atoms with van der Waals surface area (Å²) in [7, 11) is 0. The van der Waals surface area contributed by atoms with Gasteiger partial charge in [0, 0.05) is 25.9 Å². The number of para-hydroxylation sites is 1. The molecule has 1 saturated heterocycles. The second-order valence-corrected chi connectivity index (χ2v) is 9.84. The molecule has 174 valence electrons. The highest BCUT2D eigenvalue weighted by atomic mass is 16.3. The molecule has 1 fully saturated rings. The lowest BCUT2D eigenvalue weighted by atomic mass is 9.86. The molecule has 2 aliphatic heterocycles. The molecule has 2 atom stereocenters. The normalized spacial score (nSPS) is 21.0. The van der Waals surface area contributed by atoms with Gasteiger partial charge in [-0.15, -0.1) is 0 Å². The van der Waals surface area contributed by atoms with Crippen molar-refractivity contribution in [2.75, 3.05) is 11.4 Å². The molecule has 0 saturated carbocycles. The van der Waals surface area contributed by atoms with Gasteiger partial charge in [0.05, 0.1) is 17.4 Å². The van der Waals surface area contributed by atoms with E-state index in [-0.39, 0.29) is 42.5 Å². The Morgan fingerprint density at radius 2 is 1.79 bits per heavy atom. The van der Waals surface area contributed by atoms with Gasteiger partial charge in [-0.25, -0.2) is 0 Å². The molecule has 0 aliphatic carbocycles. The second-order valence-electron chi connectivity index (χ2n) is 9.84. The third-order valence-electron chi connectivity index (χ3n) is 6.50. The minimum atomic E-state index is -1.43. The number of carbonyl (C=O) groups is 3. The summed E-state index contributed by atoms with van der Waals surface area (Å²) >= 11 is 0. The zero-order valence-corrected chi connectivity index (χ0v) is 19.4. The largest absolute Gasteiger partial charge is 0.393 e. The quantitative estimate of drug-likeness (QED) is 0.680. The zero-order valence-electron chi connectivity index (χ0n) is 19.4. The summed E-state index contributed by atoms with van der Waals surface area (Å²) in [6.45, 7) is 6.19. The van der Waals surface area contributed by atoms with E-state index in [1.165, 1.54) is 4.90 Å². The molecule has 0 aromatic heterocycles. The van der Waals surface area contributed by atoms with Crippen LogP contribution in [0.5, 0.6) is 0 Å². The fourth-order valence-corrected chi connectivity index (χ4v) is 5.10. The molecule has 2 N–H and O–H groups in total. The predicted molar refractivity (Wildman–Crippen MR) is 125 cm³/mol. The van der Waals surface area contributed by atoms with Gasteiger partial charge in [0.15, 0.2) is 0 Å². The van der Waals surface area contributed by atoms with E-state index in [1.54, 1.807) is 36.1 Å². The van der Waals surface area contributed by atoms with Crippen LogP contribution in [0.25, 0.3) is 0 Å². The number of hydrogen-bond donors (Lipinski definition) is 2. The smallest absolute Gasteiger partial charge is 0.267 e. The number of rotatable bonds is 7. The van der Waals surface area contributed by atoms with Crippen molar-refractivity contribution in [2.45, 2.75) is 58.3 Å². The number of hydrogen-bond acceptors (Lipinski definition) is 4. The molecule has 2 aromatic carbocycles. The maximum absolute atomic E-state index is 13.9. The van der Waals surface area contributed by atoms with Crippen LogP contribution in [0.3, 0.4) is 0 Å². The van der Waals surface area contributed by atoms with Crippen molar-refractivity contribution in [3.8, 4) is 0 Å². The first kappa shape index (κ1) is 23.0. The number of fused-ring (bicyclic) bond motifs is 3. The van der Waals surface area contributed by atoms with E-state index in [0.29, 0.717) is 24.2 Å². The van der Waals surface area contributed by atoms with Gasteiger partial charge in [0.1, 0.15) is 0 Å². The Bertz CT molecular complexity index is 1070. The van der Waals surface area contributed by atoms with Gasteiger partial charge in [-0.05, 0) is 36.5 Å². The van der Waals surface area contributed by atoms with E-state index >= 15 is 0 Å². The van der Waals surface area contributed by atoms with E-state index < -0.39 is 11.8 Å². The summed E-state index contributed by atoms with van der Waals surface area (Å²) < 4.78 is 0. The van der Waals surface area contributed by atoms with Crippen molar-refractivity contribution in [3.05, 3.63) is 65.7 Å². The summed E-state index contributed by atoms with van der Waals surface area (Å²) in [5.41, 5.74) is -0.00557. The molecule has 7 nitrogen and oxygen atoms in total. The van der Waals surface area contributed by atoms with E-state index in [1.807, 2.05) is 44.2 Å².